The fourth-order valence-corrected chi connectivity index (χ4v) is 7.17. The van der Waals surface area contributed by atoms with E-state index in [0.29, 0.717) is 0 Å². The number of hydrogen-bond donors (Lipinski definition) is 0. The van der Waals surface area contributed by atoms with Gasteiger partial charge in [0.15, 0.2) is 0 Å². The standard InChI is InChI=1S/C23H33N/c1(17-6-9-24-10-7-17)2-22(21-3-4-21)5-8-23-14-18-11-19(15-23)13-20(12-18)16-23/h6-7,9-10,18-22H,1-5,8,11-16H2. The molecule has 4 bridgehead atoms. The summed E-state index contributed by atoms with van der Waals surface area (Å²) >= 11 is 0. The average molecular weight is 324 g/mol. The molecular formula is C23H33N. The minimum absolute atomic E-state index is 0.790. The Bertz CT molecular complexity index is 523. The highest BCUT2D eigenvalue weighted by atomic mass is 14.6. The Morgan fingerprint density at radius 3 is 2.12 bits per heavy atom. The van der Waals surface area contributed by atoms with Gasteiger partial charge in [0.25, 0.3) is 0 Å². The van der Waals surface area contributed by atoms with Gasteiger partial charge in [0, 0.05) is 12.4 Å². The van der Waals surface area contributed by atoms with Crippen molar-refractivity contribution in [3.05, 3.63) is 30.1 Å². The van der Waals surface area contributed by atoms with E-state index in [2.05, 4.69) is 17.1 Å². The number of nitrogens with zero attached hydrogens (tertiary/aromatic N) is 1. The van der Waals surface area contributed by atoms with Gasteiger partial charge in [0.1, 0.15) is 0 Å². The van der Waals surface area contributed by atoms with Gasteiger partial charge in [0.05, 0.1) is 0 Å². The Hall–Kier alpha value is -0.850. The molecule has 0 radical (unpaired) electrons. The van der Waals surface area contributed by atoms with Gasteiger partial charge in [-0.15, -0.1) is 0 Å². The number of hydrogen-bond acceptors (Lipinski definition) is 1. The number of pyridine rings is 1. The van der Waals surface area contributed by atoms with Crippen LogP contribution in [0, 0.1) is 35.0 Å². The van der Waals surface area contributed by atoms with Gasteiger partial charge in [-0.05, 0) is 130 Å². The number of aryl methyl sites for hydroxylation is 1. The van der Waals surface area contributed by atoms with Crippen molar-refractivity contribution in [1.29, 1.82) is 0 Å². The van der Waals surface area contributed by atoms with Crippen LogP contribution in [0.15, 0.2) is 24.5 Å². The van der Waals surface area contributed by atoms with Gasteiger partial charge in [-0.3, -0.25) is 4.98 Å². The van der Waals surface area contributed by atoms with Crippen LogP contribution in [-0.4, -0.2) is 4.98 Å². The van der Waals surface area contributed by atoms with Crippen LogP contribution >= 0.6 is 0 Å². The topological polar surface area (TPSA) is 12.9 Å². The molecule has 5 fully saturated rings. The van der Waals surface area contributed by atoms with Crippen LogP contribution in [0.3, 0.4) is 0 Å². The molecule has 0 saturated heterocycles. The molecule has 6 rings (SSSR count). The maximum atomic E-state index is 4.16. The highest BCUT2D eigenvalue weighted by Crippen LogP contribution is 2.62. The molecule has 0 amide bonds. The zero-order valence-corrected chi connectivity index (χ0v) is 15.1. The lowest BCUT2D eigenvalue weighted by Crippen LogP contribution is -2.46. The van der Waals surface area contributed by atoms with E-state index in [1.54, 1.807) is 44.9 Å². The normalized spacial score (nSPS) is 38.4. The molecule has 0 N–H and O–H groups in total. The summed E-state index contributed by atoms with van der Waals surface area (Å²) in [5.74, 6) is 5.43. The zero-order chi connectivity index (χ0) is 16.0. The van der Waals surface area contributed by atoms with Gasteiger partial charge < -0.3 is 0 Å². The summed E-state index contributed by atoms with van der Waals surface area (Å²) in [6.45, 7) is 0. The van der Waals surface area contributed by atoms with E-state index in [-0.39, 0.29) is 0 Å². The summed E-state index contributed by atoms with van der Waals surface area (Å²) in [4.78, 5) is 4.16. The van der Waals surface area contributed by atoms with Crippen molar-refractivity contribution in [2.75, 3.05) is 0 Å². The predicted octanol–water partition coefficient (Wildman–Crippen LogP) is 6.04. The lowest BCUT2D eigenvalue weighted by molar-refractivity contribution is -0.0605. The van der Waals surface area contributed by atoms with E-state index in [4.69, 9.17) is 0 Å². The van der Waals surface area contributed by atoms with Crippen LogP contribution < -0.4 is 0 Å². The summed E-state index contributed by atoms with van der Waals surface area (Å²) in [6, 6.07) is 4.42. The van der Waals surface area contributed by atoms with E-state index >= 15 is 0 Å². The Balaban J connectivity index is 1.20. The second kappa shape index (κ2) is 6.15. The van der Waals surface area contributed by atoms with Crippen LogP contribution in [0.2, 0.25) is 0 Å². The molecule has 1 atom stereocenters. The van der Waals surface area contributed by atoms with Crippen LogP contribution in [0.25, 0.3) is 0 Å². The van der Waals surface area contributed by atoms with E-state index in [9.17, 15) is 0 Å². The monoisotopic (exact) mass is 323 g/mol. The van der Waals surface area contributed by atoms with Crippen LogP contribution in [0.4, 0.5) is 0 Å². The molecule has 0 spiro atoms. The Kier molecular flexibility index (Phi) is 3.95. The maximum Gasteiger partial charge on any atom is 0.0270 e. The van der Waals surface area contributed by atoms with E-state index < -0.39 is 0 Å². The minimum atomic E-state index is 0.790. The third kappa shape index (κ3) is 3.16. The average Bonchev–Trinajstić information content (AvgIpc) is 3.39. The van der Waals surface area contributed by atoms with Gasteiger partial charge in [-0.25, -0.2) is 0 Å². The number of rotatable bonds is 7. The summed E-state index contributed by atoms with van der Waals surface area (Å²) in [5, 5.41) is 0. The van der Waals surface area contributed by atoms with Crippen molar-refractivity contribution in [3.63, 3.8) is 0 Å². The molecular weight excluding hydrogens is 290 g/mol. The molecule has 24 heavy (non-hydrogen) atoms. The Labute approximate surface area is 147 Å². The third-order valence-corrected chi connectivity index (χ3v) is 8.05. The third-order valence-electron chi connectivity index (χ3n) is 8.05. The summed E-state index contributed by atoms with van der Waals surface area (Å²) in [5.41, 5.74) is 2.28. The Morgan fingerprint density at radius 2 is 1.54 bits per heavy atom. The molecule has 1 aromatic heterocycles. The molecule has 5 saturated carbocycles. The van der Waals surface area contributed by atoms with Gasteiger partial charge in [0.2, 0.25) is 0 Å². The van der Waals surface area contributed by atoms with Crippen LogP contribution in [0.1, 0.15) is 76.2 Å². The van der Waals surface area contributed by atoms with Gasteiger partial charge in [-0.1, -0.05) is 0 Å². The first-order chi connectivity index (χ1) is 11.8. The quantitative estimate of drug-likeness (QED) is 0.596. The molecule has 1 aromatic rings. The molecule has 1 heteroatoms. The van der Waals surface area contributed by atoms with Gasteiger partial charge >= 0.3 is 0 Å². The fourth-order valence-electron chi connectivity index (χ4n) is 7.17. The minimum Gasteiger partial charge on any atom is -0.265 e. The molecule has 5 aliphatic carbocycles. The number of aromatic nitrogens is 1. The van der Waals surface area contributed by atoms with Crippen LogP contribution in [0.5, 0.6) is 0 Å². The SMILES string of the molecule is c1cc(CCC(CCC23CC4CC(CC(C4)C2)C3)C2CC2)ccn1. The molecule has 5 aliphatic rings. The first-order valence-electron chi connectivity index (χ1n) is 10.7. The second-order valence-corrected chi connectivity index (χ2v) is 9.95. The second-order valence-electron chi connectivity index (χ2n) is 9.95. The molecule has 1 unspecified atom stereocenters. The lowest BCUT2D eigenvalue weighted by atomic mass is 9.48. The van der Waals surface area contributed by atoms with Crippen molar-refractivity contribution in [2.24, 2.45) is 35.0 Å². The zero-order valence-electron chi connectivity index (χ0n) is 15.1. The smallest absolute Gasteiger partial charge is 0.0270 e. The summed E-state index contributed by atoms with van der Waals surface area (Å²) < 4.78 is 0. The molecule has 1 nitrogen and oxygen atoms in total. The lowest BCUT2D eigenvalue weighted by Gasteiger charge is -2.57. The summed E-state index contributed by atoms with van der Waals surface area (Å²) in [7, 11) is 0. The fraction of sp³-hybridized carbons (Fsp3) is 0.783. The van der Waals surface area contributed by atoms with E-state index in [1.807, 2.05) is 12.4 Å². The molecule has 1 heterocycles. The van der Waals surface area contributed by atoms with Crippen molar-refractivity contribution in [3.8, 4) is 0 Å². The van der Waals surface area contributed by atoms with Crippen molar-refractivity contribution >= 4 is 0 Å². The summed E-state index contributed by atoms with van der Waals surface area (Å²) in [6.07, 6.45) is 22.3. The molecule has 130 valence electrons. The Morgan fingerprint density at radius 1 is 0.917 bits per heavy atom. The van der Waals surface area contributed by atoms with E-state index in [1.165, 1.54) is 37.7 Å². The van der Waals surface area contributed by atoms with Crippen LogP contribution in [-0.2, 0) is 6.42 Å². The molecule has 0 aromatic carbocycles. The van der Waals surface area contributed by atoms with Gasteiger partial charge in [-0.2, -0.15) is 0 Å². The highest BCUT2D eigenvalue weighted by molar-refractivity contribution is 5.10. The van der Waals surface area contributed by atoms with Crippen molar-refractivity contribution in [1.82, 2.24) is 4.98 Å². The first kappa shape index (κ1) is 15.4. The van der Waals surface area contributed by atoms with Crippen molar-refractivity contribution < 1.29 is 0 Å². The highest BCUT2D eigenvalue weighted by Gasteiger charge is 2.50. The first-order valence-corrected chi connectivity index (χ1v) is 10.7. The van der Waals surface area contributed by atoms with Crippen molar-refractivity contribution in [2.45, 2.75) is 77.0 Å². The largest absolute Gasteiger partial charge is 0.265 e. The van der Waals surface area contributed by atoms with E-state index in [0.717, 1.165) is 35.0 Å². The predicted molar refractivity (Wildman–Crippen MR) is 98.6 cm³/mol. The maximum absolute atomic E-state index is 4.16. The molecule has 0 aliphatic heterocycles.